The van der Waals surface area contributed by atoms with E-state index in [4.69, 9.17) is 0 Å². The molecule has 0 aromatic carbocycles. The molecule has 0 unspecified atom stereocenters. The van der Waals surface area contributed by atoms with E-state index in [1.165, 1.54) is 25.4 Å². The second-order valence-electron chi connectivity index (χ2n) is 4.82. The fourth-order valence-electron chi connectivity index (χ4n) is 2.30. The van der Waals surface area contributed by atoms with Gasteiger partial charge >= 0.3 is 5.97 Å². The molecular formula is C13H18N2O4S. The van der Waals surface area contributed by atoms with Crippen LogP contribution in [-0.4, -0.2) is 32.5 Å². The van der Waals surface area contributed by atoms with Crippen LogP contribution in [0.4, 0.5) is 0 Å². The molecule has 1 saturated carbocycles. The molecule has 2 rings (SSSR count). The molecule has 0 spiro atoms. The maximum Gasteiger partial charge on any atom is 0.356 e. The molecule has 110 valence electrons. The van der Waals surface area contributed by atoms with Crippen molar-refractivity contribution in [3.05, 3.63) is 24.0 Å². The number of rotatable bonds is 4. The smallest absolute Gasteiger partial charge is 0.356 e. The number of ether oxygens (including phenoxy) is 1. The van der Waals surface area contributed by atoms with E-state index < -0.39 is 16.0 Å². The molecule has 7 heteroatoms. The first-order chi connectivity index (χ1) is 9.53. The summed E-state index contributed by atoms with van der Waals surface area (Å²) in [4.78, 5) is 15.2. The fourth-order valence-corrected chi connectivity index (χ4v) is 3.62. The molecule has 1 heterocycles. The maximum atomic E-state index is 12.3. The van der Waals surface area contributed by atoms with Gasteiger partial charge in [-0.05, 0) is 25.0 Å². The first-order valence-corrected chi connectivity index (χ1v) is 8.08. The van der Waals surface area contributed by atoms with Crippen LogP contribution in [0.1, 0.15) is 42.6 Å². The summed E-state index contributed by atoms with van der Waals surface area (Å²) in [5.74, 6) is -0.653. The van der Waals surface area contributed by atoms with Crippen LogP contribution >= 0.6 is 0 Å². The maximum absolute atomic E-state index is 12.3. The molecule has 1 aromatic heterocycles. The third kappa shape index (κ3) is 3.55. The number of carbonyl (C=O) groups excluding carboxylic acids is 1. The minimum atomic E-state index is -3.62. The number of nitrogens with one attached hydrogen (secondary N) is 1. The van der Waals surface area contributed by atoms with E-state index in [0.29, 0.717) is 0 Å². The first-order valence-electron chi connectivity index (χ1n) is 6.59. The fraction of sp³-hybridized carbons (Fsp3) is 0.538. The zero-order valence-corrected chi connectivity index (χ0v) is 12.1. The van der Waals surface area contributed by atoms with Crippen molar-refractivity contribution in [1.29, 1.82) is 0 Å². The molecule has 6 nitrogen and oxygen atoms in total. The number of nitrogens with zero attached hydrogens (tertiary/aromatic N) is 1. The third-order valence-electron chi connectivity index (χ3n) is 3.36. The summed E-state index contributed by atoms with van der Waals surface area (Å²) >= 11 is 0. The van der Waals surface area contributed by atoms with Crippen molar-refractivity contribution < 1.29 is 17.9 Å². The summed E-state index contributed by atoms with van der Waals surface area (Å²) in [7, 11) is -2.39. The molecule has 1 aromatic rings. The molecule has 1 aliphatic carbocycles. The van der Waals surface area contributed by atoms with Gasteiger partial charge < -0.3 is 4.74 Å². The molecule has 0 atom stereocenters. The van der Waals surface area contributed by atoms with Gasteiger partial charge in [-0.15, -0.1) is 0 Å². The van der Waals surface area contributed by atoms with Crippen LogP contribution in [0.25, 0.3) is 0 Å². The molecule has 1 fully saturated rings. The lowest BCUT2D eigenvalue weighted by atomic mass is 9.96. The molecule has 20 heavy (non-hydrogen) atoms. The standard InChI is InChI=1S/C13H18N2O4S/c1-19-13(16)12-9-11(7-8-14-12)20(17,18)15-10-5-3-2-4-6-10/h7-10,15H,2-6H2,1H3. The van der Waals surface area contributed by atoms with Crippen LogP contribution in [0.3, 0.4) is 0 Å². The average Bonchev–Trinajstić information content (AvgIpc) is 2.47. The van der Waals surface area contributed by atoms with Gasteiger partial charge in [-0.1, -0.05) is 19.3 Å². The van der Waals surface area contributed by atoms with Gasteiger partial charge in [-0.25, -0.2) is 22.9 Å². The van der Waals surface area contributed by atoms with Crippen molar-refractivity contribution in [3.63, 3.8) is 0 Å². The number of hydrogen-bond acceptors (Lipinski definition) is 5. The van der Waals surface area contributed by atoms with Crippen LogP contribution in [0, 0.1) is 0 Å². The first kappa shape index (κ1) is 14.9. The van der Waals surface area contributed by atoms with E-state index in [9.17, 15) is 13.2 Å². The number of esters is 1. The van der Waals surface area contributed by atoms with E-state index in [2.05, 4.69) is 14.4 Å². The number of pyridine rings is 1. The molecule has 0 aliphatic heterocycles. The van der Waals surface area contributed by atoms with Crippen molar-refractivity contribution in [2.24, 2.45) is 0 Å². The van der Waals surface area contributed by atoms with Crippen LogP contribution in [-0.2, 0) is 14.8 Å². The average molecular weight is 298 g/mol. The van der Waals surface area contributed by atoms with E-state index in [1.54, 1.807) is 0 Å². The van der Waals surface area contributed by atoms with E-state index in [1.807, 2.05) is 0 Å². The van der Waals surface area contributed by atoms with Crippen LogP contribution in [0.15, 0.2) is 23.2 Å². The normalized spacial score (nSPS) is 16.9. The Balaban J connectivity index is 2.18. The minimum absolute atomic E-state index is 0.0148. The Morgan fingerprint density at radius 1 is 1.35 bits per heavy atom. The molecule has 1 N–H and O–H groups in total. The Bertz CT molecular complexity index is 580. The van der Waals surface area contributed by atoms with Crippen LogP contribution in [0.5, 0.6) is 0 Å². The summed E-state index contributed by atoms with van der Waals surface area (Å²) in [5, 5.41) is 0. The Labute approximate surface area is 118 Å². The molecular weight excluding hydrogens is 280 g/mol. The molecule has 0 bridgehead atoms. The largest absolute Gasteiger partial charge is 0.464 e. The monoisotopic (exact) mass is 298 g/mol. The number of methoxy groups -OCH3 is 1. The van der Waals surface area contributed by atoms with Crippen molar-refractivity contribution in [1.82, 2.24) is 9.71 Å². The van der Waals surface area contributed by atoms with E-state index in [-0.39, 0.29) is 16.6 Å². The number of hydrogen-bond donors (Lipinski definition) is 1. The Morgan fingerprint density at radius 3 is 2.70 bits per heavy atom. The second kappa shape index (κ2) is 6.32. The highest BCUT2D eigenvalue weighted by Gasteiger charge is 2.23. The van der Waals surface area contributed by atoms with Gasteiger partial charge in [0.1, 0.15) is 5.69 Å². The van der Waals surface area contributed by atoms with Crippen molar-refractivity contribution in [2.75, 3.05) is 7.11 Å². The topological polar surface area (TPSA) is 85.4 Å². The third-order valence-corrected chi connectivity index (χ3v) is 4.88. The van der Waals surface area contributed by atoms with Gasteiger partial charge in [0.2, 0.25) is 10.0 Å². The Kier molecular flexibility index (Phi) is 4.72. The zero-order chi connectivity index (χ0) is 14.6. The highest BCUT2D eigenvalue weighted by atomic mass is 32.2. The molecule has 0 amide bonds. The van der Waals surface area contributed by atoms with Crippen molar-refractivity contribution in [3.8, 4) is 0 Å². The summed E-state index contributed by atoms with van der Waals surface area (Å²) < 4.78 is 31.8. The Morgan fingerprint density at radius 2 is 2.05 bits per heavy atom. The Hall–Kier alpha value is -1.47. The van der Waals surface area contributed by atoms with Gasteiger partial charge in [0.25, 0.3) is 0 Å². The van der Waals surface area contributed by atoms with Gasteiger partial charge in [-0.3, -0.25) is 0 Å². The van der Waals surface area contributed by atoms with E-state index in [0.717, 1.165) is 32.1 Å². The summed E-state index contributed by atoms with van der Waals surface area (Å²) in [6, 6.07) is 2.58. The van der Waals surface area contributed by atoms with Crippen molar-refractivity contribution >= 4 is 16.0 Å². The van der Waals surface area contributed by atoms with Gasteiger partial charge in [0.15, 0.2) is 0 Å². The molecule has 1 aliphatic rings. The van der Waals surface area contributed by atoms with Crippen molar-refractivity contribution in [2.45, 2.75) is 43.0 Å². The summed E-state index contributed by atoms with van der Waals surface area (Å²) in [5.41, 5.74) is -0.0148. The summed E-state index contributed by atoms with van der Waals surface area (Å²) in [6.07, 6.45) is 6.23. The lowest BCUT2D eigenvalue weighted by Gasteiger charge is -2.22. The zero-order valence-electron chi connectivity index (χ0n) is 11.3. The minimum Gasteiger partial charge on any atom is -0.464 e. The van der Waals surface area contributed by atoms with E-state index >= 15 is 0 Å². The number of carbonyl (C=O) groups is 1. The highest BCUT2D eigenvalue weighted by molar-refractivity contribution is 7.89. The van der Waals surface area contributed by atoms with Gasteiger partial charge in [0.05, 0.1) is 12.0 Å². The van der Waals surface area contributed by atoms with Gasteiger partial charge in [-0.2, -0.15) is 0 Å². The highest BCUT2D eigenvalue weighted by Crippen LogP contribution is 2.20. The predicted molar refractivity (Wildman–Crippen MR) is 72.8 cm³/mol. The lowest BCUT2D eigenvalue weighted by Crippen LogP contribution is -2.36. The SMILES string of the molecule is COC(=O)c1cc(S(=O)(=O)NC2CCCCC2)ccn1. The number of aromatic nitrogens is 1. The quantitative estimate of drug-likeness (QED) is 0.851. The van der Waals surface area contributed by atoms with Gasteiger partial charge in [0, 0.05) is 12.2 Å². The lowest BCUT2D eigenvalue weighted by molar-refractivity contribution is 0.0593. The van der Waals surface area contributed by atoms with Crippen LogP contribution < -0.4 is 4.72 Å². The van der Waals surface area contributed by atoms with Crippen LogP contribution in [0.2, 0.25) is 0 Å². The predicted octanol–water partition coefficient (Wildman–Crippen LogP) is 1.48. The molecule has 0 radical (unpaired) electrons. The second-order valence-corrected chi connectivity index (χ2v) is 6.54. The molecule has 0 saturated heterocycles. The number of sulfonamides is 1. The summed E-state index contributed by atoms with van der Waals surface area (Å²) in [6.45, 7) is 0.